The van der Waals surface area contributed by atoms with Crippen molar-refractivity contribution < 1.29 is 24.5 Å². The van der Waals surface area contributed by atoms with Crippen LogP contribution in [0, 0.1) is 26.1 Å². The molecule has 0 radical (unpaired) electrons. The number of non-ortho nitro benzene ring substituents is 1. The van der Waals surface area contributed by atoms with Crippen LogP contribution in [0.15, 0.2) is 12.1 Å². The second kappa shape index (κ2) is 7.21. The van der Waals surface area contributed by atoms with E-state index in [2.05, 4.69) is 10.1 Å². The maximum atomic E-state index is 11.9. The normalized spacial score (nSPS) is 19.8. The van der Waals surface area contributed by atoms with Crippen molar-refractivity contribution in [2.75, 3.05) is 19.0 Å². The second-order valence-electron chi connectivity index (χ2n) is 5.53. The Bertz CT molecular complexity index is 677. The predicted molar refractivity (Wildman–Crippen MR) is 82.9 cm³/mol. The van der Waals surface area contributed by atoms with E-state index >= 15 is 0 Å². The third-order valence-electron chi connectivity index (χ3n) is 4.08. The van der Waals surface area contributed by atoms with E-state index in [-0.39, 0.29) is 23.7 Å². The van der Waals surface area contributed by atoms with Crippen molar-refractivity contribution in [3.63, 3.8) is 0 Å². The number of anilines is 1. The molecule has 0 saturated heterocycles. The summed E-state index contributed by atoms with van der Waals surface area (Å²) in [5.41, 5.74) is -1.59. The van der Waals surface area contributed by atoms with E-state index in [1.807, 2.05) is 0 Å². The Morgan fingerprint density at radius 1 is 1.33 bits per heavy atom. The SMILES string of the molecule is COC(=O)c1cc([N+](=O)[O-])cc([N+](=O)[O-])c1NCC1CCCC1O. The molecule has 0 aliphatic heterocycles. The van der Waals surface area contributed by atoms with E-state index in [9.17, 15) is 30.1 Å². The molecule has 0 bridgehead atoms. The fourth-order valence-corrected chi connectivity index (χ4v) is 2.81. The second-order valence-corrected chi connectivity index (χ2v) is 5.53. The topological polar surface area (TPSA) is 145 Å². The number of nitrogens with zero attached hydrogens (tertiary/aromatic N) is 2. The fraction of sp³-hybridized carbons (Fsp3) is 0.500. The van der Waals surface area contributed by atoms with E-state index in [1.165, 1.54) is 0 Å². The lowest BCUT2D eigenvalue weighted by Gasteiger charge is -2.17. The molecular weight excluding hydrogens is 322 g/mol. The Kier molecular flexibility index (Phi) is 5.29. The lowest BCUT2D eigenvalue weighted by atomic mass is 10.0. The molecule has 2 rings (SSSR count). The van der Waals surface area contributed by atoms with Gasteiger partial charge < -0.3 is 15.2 Å². The van der Waals surface area contributed by atoms with Crippen molar-refractivity contribution in [2.45, 2.75) is 25.4 Å². The minimum Gasteiger partial charge on any atom is -0.465 e. The van der Waals surface area contributed by atoms with Gasteiger partial charge in [-0.15, -0.1) is 0 Å². The molecule has 2 unspecified atom stereocenters. The molecule has 130 valence electrons. The van der Waals surface area contributed by atoms with Crippen LogP contribution in [-0.2, 0) is 4.74 Å². The van der Waals surface area contributed by atoms with Gasteiger partial charge in [-0.25, -0.2) is 4.79 Å². The fourth-order valence-electron chi connectivity index (χ4n) is 2.81. The zero-order chi connectivity index (χ0) is 17.9. The summed E-state index contributed by atoms with van der Waals surface area (Å²) in [5.74, 6) is -1.03. The number of carbonyl (C=O) groups excluding carboxylic acids is 1. The number of aliphatic hydroxyl groups excluding tert-OH is 1. The first-order valence-electron chi connectivity index (χ1n) is 7.32. The van der Waals surface area contributed by atoms with Crippen LogP contribution < -0.4 is 5.32 Å². The van der Waals surface area contributed by atoms with Crippen molar-refractivity contribution in [1.82, 2.24) is 0 Å². The Morgan fingerprint density at radius 3 is 2.54 bits per heavy atom. The number of nitro groups is 2. The standard InChI is InChI=1S/C14H17N3O7/c1-24-14(19)10-5-9(16(20)21)6-11(17(22)23)13(10)15-7-8-3-2-4-12(8)18/h5-6,8,12,15,18H,2-4,7H2,1H3. The summed E-state index contributed by atoms with van der Waals surface area (Å²) in [4.78, 5) is 32.5. The quantitative estimate of drug-likeness (QED) is 0.454. The number of nitrogens with one attached hydrogen (secondary N) is 1. The van der Waals surface area contributed by atoms with Gasteiger partial charge in [0.15, 0.2) is 0 Å². The van der Waals surface area contributed by atoms with Crippen molar-refractivity contribution in [2.24, 2.45) is 5.92 Å². The largest absolute Gasteiger partial charge is 0.465 e. The van der Waals surface area contributed by atoms with Gasteiger partial charge in [0.1, 0.15) is 5.69 Å². The summed E-state index contributed by atoms with van der Waals surface area (Å²) in [7, 11) is 1.08. The summed E-state index contributed by atoms with van der Waals surface area (Å²) >= 11 is 0. The van der Waals surface area contributed by atoms with Crippen LogP contribution in [0.4, 0.5) is 17.1 Å². The molecule has 0 heterocycles. The molecule has 0 amide bonds. The lowest BCUT2D eigenvalue weighted by Crippen LogP contribution is -2.23. The molecule has 2 N–H and O–H groups in total. The number of esters is 1. The van der Waals surface area contributed by atoms with Crippen LogP contribution >= 0.6 is 0 Å². The molecule has 0 aromatic heterocycles. The first kappa shape index (κ1) is 17.6. The number of benzene rings is 1. The van der Waals surface area contributed by atoms with Gasteiger partial charge in [-0.1, -0.05) is 6.42 Å². The number of carbonyl (C=O) groups is 1. The number of nitro benzene ring substituents is 2. The zero-order valence-corrected chi connectivity index (χ0v) is 12.9. The molecule has 0 spiro atoms. The Morgan fingerprint density at radius 2 is 2.04 bits per heavy atom. The molecule has 2 atom stereocenters. The van der Waals surface area contributed by atoms with Crippen molar-refractivity contribution in [3.8, 4) is 0 Å². The zero-order valence-electron chi connectivity index (χ0n) is 12.9. The highest BCUT2D eigenvalue weighted by Gasteiger charge is 2.30. The summed E-state index contributed by atoms with van der Waals surface area (Å²) in [5, 5.41) is 34.8. The van der Waals surface area contributed by atoms with E-state index in [0.717, 1.165) is 32.1 Å². The lowest BCUT2D eigenvalue weighted by molar-refractivity contribution is -0.393. The third-order valence-corrected chi connectivity index (χ3v) is 4.08. The predicted octanol–water partition coefficient (Wildman–Crippen LogP) is 1.86. The third kappa shape index (κ3) is 3.59. The summed E-state index contributed by atoms with van der Waals surface area (Å²) in [6, 6.07) is 1.73. The first-order valence-corrected chi connectivity index (χ1v) is 7.32. The van der Waals surface area contributed by atoms with Crippen molar-refractivity contribution in [3.05, 3.63) is 37.9 Å². The highest BCUT2D eigenvalue weighted by molar-refractivity contribution is 5.99. The molecule has 1 fully saturated rings. The molecule has 1 aromatic rings. The van der Waals surface area contributed by atoms with Crippen molar-refractivity contribution >= 4 is 23.0 Å². The highest BCUT2D eigenvalue weighted by Crippen LogP contribution is 2.35. The molecule has 10 nitrogen and oxygen atoms in total. The van der Waals surface area contributed by atoms with Crippen LogP contribution in [0.1, 0.15) is 29.6 Å². The van der Waals surface area contributed by atoms with Gasteiger partial charge in [0.05, 0.1) is 34.7 Å². The van der Waals surface area contributed by atoms with Gasteiger partial charge in [0, 0.05) is 18.5 Å². The van der Waals surface area contributed by atoms with Gasteiger partial charge >= 0.3 is 5.97 Å². The maximum absolute atomic E-state index is 11.9. The monoisotopic (exact) mass is 339 g/mol. The van der Waals surface area contributed by atoms with Crippen LogP contribution in [0.2, 0.25) is 0 Å². The van der Waals surface area contributed by atoms with Gasteiger partial charge in [-0.3, -0.25) is 20.2 Å². The molecule has 1 aliphatic rings. The van der Waals surface area contributed by atoms with Crippen LogP contribution in [0.3, 0.4) is 0 Å². The number of methoxy groups -OCH3 is 1. The van der Waals surface area contributed by atoms with E-state index in [0.29, 0.717) is 6.42 Å². The Labute approximate surface area is 136 Å². The smallest absolute Gasteiger partial charge is 0.340 e. The molecule has 1 aliphatic carbocycles. The van der Waals surface area contributed by atoms with Gasteiger partial charge in [-0.2, -0.15) is 0 Å². The number of ether oxygens (including phenoxy) is 1. The Hall–Kier alpha value is -2.75. The van der Waals surface area contributed by atoms with Gasteiger partial charge in [-0.05, 0) is 12.8 Å². The number of hydrogen-bond acceptors (Lipinski definition) is 8. The molecule has 1 saturated carbocycles. The highest BCUT2D eigenvalue weighted by atomic mass is 16.6. The van der Waals surface area contributed by atoms with Gasteiger partial charge in [0.2, 0.25) is 0 Å². The van der Waals surface area contributed by atoms with E-state index in [1.54, 1.807) is 0 Å². The minimum absolute atomic E-state index is 0.106. The molecule has 10 heteroatoms. The van der Waals surface area contributed by atoms with Crippen LogP contribution in [0.5, 0.6) is 0 Å². The van der Waals surface area contributed by atoms with Crippen molar-refractivity contribution in [1.29, 1.82) is 0 Å². The van der Waals surface area contributed by atoms with Crippen LogP contribution in [-0.4, -0.2) is 40.7 Å². The number of rotatable bonds is 6. The summed E-state index contributed by atoms with van der Waals surface area (Å²) < 4.78 is 4.57. The maximum Gasteiger partial charge on any atom is 0.340 e. The molecule has 1 aromatic carbocycles. The first-order chi connectivity index (χ1) is 11.3. The molecule has 24 heavy (non-hydrogen) atoms. The average molecular weight is 339 g/mol. The summed E-state index contributed by atoms with van der Waals surface area (Å²) in [6.07, 6.45) is 1.73. The molecular formula is C14H17N3O7. The number of aliphatic hydroxyl groups is 1. The average Bonchev–Trinajstić information content (AvgIpc) is 2.96. The van der Waals surface area contributed by atoms with Gasteiger partial charge in [0.25, 0.3) is 11.4 Å². The van der Waals surface area contributed by atoms with Crippen LogP contribution in [0.25, 0.3) is 0 Å². The Balaban J connectivity index is 2.43. The summed E-state index contributed by atoms with van der Waals surface area (Å²) in [6.45, 7) is 0.212. The van der Waals surface area contributed by atoms with E-state index < -0.39 is 33.3 Å². The minimum atomic E-state index is -0.920. The van der Waals surface area contributed by atoms with E-state index in [4.69, 9.17) is 0 Å². The number of hydrogen-bond donors (Lipinski definition) is 2.